The lowest BCUT2D eigenvalue weighted by molar-refractivity contribution is 0.0973. The number of ketones is 1. The predicted molar refractivity (Wildman–Crippen MR) is 107 cm³/mol. The zero-order chi connectivity index (χ0) is 24.4. The number of Topliss-reactive ketones (excluding diaryl/α,β-unsaturated/α-hetero) is 1. The summed E-state index contributed by atoms with van der Waals surface area (Å²) in [5, 5.41) is 0. The van der Waals surface area contributed by atoms with Gasteiger partial charge in [0.15, 0.2) is 40.6 Å². The second-order valence-corrected chi connectivity index (χ2v) is 7.13. The molecule has 0 saturated carbocycles. The van der Waals surface area contributed by atoms with Crippen molar-refractivity contribution in [1.82, 2.24) is 0 Å². The average Bonchev–Trinajstić information content (AvgIpc) is 2.77. The maximum atomic E-state index is 14.7. The zero-order valence-electron chi connectivity index (χ0n) is 17.4. The van der Waals surface area contributed by atoms with Crippen molar-refractivity contribution in [2.24, 2.45) is 0 Å². The molecule has 0 fully saturated rings. The van der Waals surface area contributed by atoms with Crippen LogP contribution in [0.2, 0.25) is 0 Å². The van der Waals surface area contributed by atoms with Crippen molar-refractivity contribution in [2.45, 2.75) is 26.7 Å². The molecule has 0 aliphatic heterocycles. The van der Waals surface area contributed by atoms with Gasteiger partial charge < -0.3 is 4.74 Å². The van der Waals surface area contributed by atoms with Gasteiger partial charge in [0.05, 0.1) is 12.2 Å². The van der Waals surface area contributed by atoms with Gasteiger partial charge in [-0.25, -0.2) is 30.7 Å². The lowest BCUT2D eigenvalue weighted by atomic mass is 9.95. The van der Waals surface area contributed by atoms with Gasteiger partial charge >= 0.3 is 0 Å². The van der Waals surface area contributed by atoms with Gasteiger partial charge in [0, 0.05) is 23.1 Å². The smallest absolute Gasteiger partial charge is 0.267 e. The van der Waals surface area contributed by atoms with Crippen molar-refractivity contribution >= 4 is 5.78 Å². The molecular weight excluding hydrogens is 453 g/mol. The molecule has 174 valence electrons. The minimum Gasteiger partial charge on any atom is -0.491 e. The fraction of sp³-hybridized carbons (Fsp3) is 0.208. The monoisotopic (exact) mass is 470 g/mol. The molecule has 0 spiro atoms. The van der Waals surface area contributed by atoms with Crippen molar-refractivity contribution in [2.75, 3.05) is 6.61 Å². The predicted octanol–water partition coefficient (Wildman–Crippen LogP) is 7.12. The topological polar surface area (TPSA) is 26.3 Å². The Labute approximate surface area is 184 Å². The molecule has 0 bridgehead atoms. The highest BCUT2D eigenvalue weighted by Gasteiger charge is 2.27. The molecule has 0 atom stereocenters. The number of halogens is 7. The fourth-order valence-electron chi connectivity index (χ4n) is 3.35. The second kappa shape index (κ2) is 9.64. The van der Waals surface area contributed by atoms with Gasteiger partial charge in [-0.2, -0.15) is 0 Å². The van der Waals surface area contributed by atoms with Crippen LogP contribution in [-0.4, -0.2) is 12.4 Å². The van der Waals surface area contributed by atoms with Gasteiger partial charge in [0.25, 0.3) is 6.43 Å². The van der Waals surface area contributed by atoms with Gasteiger partial charge in [-0.05, 0) is 37.1 Å². The Morgan fingerprint density at radius 2 is 1.42 bits per heavy atom. The highest BCUT2D eigenvalue weighted by molar-refractivity contribution is 5.99. The standard InChI is InChI=1S/C24H17F7O2/c1-3-33-17-9-8-15(18(23(17)29)24(30)31)16(32)10-12-5-7-14(22(28)20(12)26)13-6-4-11(2)19(25)21(13)27/h4-9,24H,3,10H2,1-2H3. The quantitative estimate of drug-likeness (QED) is 0.272. The number of alkyl halides is 2. The maximum absolute atomic E-state index is 14.7. The highest BCUT2D eigenvalue weighted by Crippen LogP contribution is 2.34. The number of hydrogen-bond donors (Lipinski definition) is 0. The SMILES string of the molecule is CCOc1ccc(C(=O)Cc2ccc(-c3ccc(C)c(F)c3F)c(F)c2F)c(C(F)F)c1F. The van der Waals surface area contributed by atoms with Crippen molar-refractivity contribution in [3.8, 4) is 16.9 Å². The van der Waals surface area contributed by atoms with Crippen LogP contribution < -0.4 is 4.74 Å². The number of carbonyl (C=O) groups excluding carboxylic acids is 1. The first-order valence-electron chi connectivity index (χ1n) is 9.76. The van der Waals surface area contributed by atoms with Crippen LogP contribution >= 0.6 is 0 Å². The van der Waals surface area contributed by atoms with Crippen molar-refractivity contribution < 1.29 is 40.3 Å². The first-order valence-corrected chi connectivity index (χ1v) is 9.76. The third kappa shape index (κ3) is 4.58. The third-order valence-electron chi connectivity index (χ3n) is 5.04. The minimum absolute atomic E-state index is 0.00476. The summed E-state index contributed by atoms with van der Waals surface area (Å²) in [6.07, 6.45) is -4.24. The van der Waals surface area contributed by atoms with Crippen LogP contribution in [-0.2, 0) is 6.42 Å². The van der Waals surface area contributed by atoms with Crippen molar-refractivity contribution in [3.63, 3.8) is 0 Å². The summed E-state index contributed by atoms with van der Waals surface area (Å²) in [5.74, 6) is -8.66. The number of rotatable bonds is 7. The van der Waals surface area contributed by atoms with E-state index in [9.17, 15) is 35.5 Å². The molecule has 0 saturated heterocycles. The van der Waals surface area contributed by atoms with Gasteiger partial charge in [0.2, 0.25) is 0 Å². The van der Waals surface area contributed by atoms with E-state index in [4.69, 9.17) is 4.74 Å². The Balaban J connectivity index is 1.99. The summed E-state index contributed by atoms with van der Waals surface area (Å²) < 4.78 is 104. The van der Waals surface area contributed by atoms with Crippen LogP contribution in [0.1, 0.15) is 40.4 Å². The molecule has 3 aromatic rings. The molecule has 0 amide bonds. The lowest BCUT2D eigenvalue weighted by Gasteiger charge is -2.14. The minimum atomic E-state index is -3.37. The Morgan fingerprint density at radius 3 is 2.03 bits per heavy atom. The van der Waals surface area contributed by atoms with E-state index in [1.807, 2.05) is 0 Å². The largest absolute Gasteiger partial charge is 0.491 e. The van der Waals surface area contributed by atoms with Crippen LogP contribution in [0.4, 0.5) is 30.7 Å². The number of benzene rings is 3. The lowest BCUT2D eigenvalue weighted by Crippen LogP contribution is -2.12. The van der Waals surface area contributed by atoms with E-state index in [0.29, 0.717) is 0 Å². The van der Waals surface area contributed by atoms with Crippen molar-refractivity contribution in [3.05, 3.63) is 87.7 Å². The van der Waals surface area contributed by atoms with Crippen LogP contribution in [0.15, 0.2) is 36.4 Å². The van der Waals surface area contributed by atoms with E-state index in [1.54, 1.807) is 0 Å². The molecule has 0 heterocycles. The molecule has 0 aromatic heterocycles. The van der Waals surface area contributed by atoms with E-state index in [0.717, 1.165) is 30.3 Å². The first-order chi connectivity index (χ1) is 15.6. The molecular formula is C24H17F7O2. The molecule has 33 heavy (non-hydrogen) atoms. The number of aryl methyl sites for hydroxylation is 1. The summed E-state index contributed by atoms with van der Waals surface area (Å²) in [5.41, 5.74) is -3.58. The molecule has 0 radical (unpaired) electrons. The molecule has 9 heteroatoms. The maximum Gasteiger partial charge on any atom is 0.267 e. The second-order valence-electron chi connectivity index (χ2n) is 7.13. The van der Waals surface area contributed by atoms with Gasteiger partial charge in [0.1, 0.15) is 0 Å². The molecule has 2 nitrogen and oxygen atoms in total. The van der Waals surface area contributed by atoms with Gasteiger partial charge in [-0.15, -0.1) is 0 Å². The highest BCUT2D eigenvalue weighted by atomic mass is 19.3. The van der Waals surface area contributed by atoms with Crippen molar-refractivity contribution in [1.29, 1.82) is 0 Å². The summed E-state index contributed by atoms with van der Waals surface area (Å²) in [4.78, 5) is 12.6. The van der Waals surface area contributed by atoms with Crippen LogP contribution in [0.3, 0.4) is 0 Å². The normalized spacial score (nSPS) is 11.2. The summed E-state index contributed by atoms with van der Waals surface area (Å²) in [6, 6.07) is 6.08. The fourth-order valence-corrected chi connectivity index (χ4v) is 3.35. The molecule has 3 aromatic carbocycles. The average molecular weight is 470 g/mol. The Morgan fingerprint density at radius 1 is 0.818 bits per heavy atom. The molecule has 0 aliphatic rings. The third-order valence-corrected chi connectivity index (χ3v) is 5.04. The first kappa shape index (κ1) is 24.3. The Hall–Kier alpha value is -3.36. The Bertz CT molecular complexity index is 1220. The van der Waals surface area contributed by atoms with E-state index < -0.39 is 81.3 Å². The van der Waals surface area contributed by atoms with Crippen LogP contribution in [0.25, 0.3) is 11.1 Å². The number of carbonyl (C=O) groups is 1. The summed E-state index contributed by atoms with van der Waals surface area (Å²) in [7, 11) is 0. The van der Waals surface area contributed by atoms with E-state index >= 15 is 0 Å². The zero-order valence-corrected chi connectivity index (χ0v) is 17.4. The van der Waals surface area contributed by atoms with E-state index in [1.165, 1.54) is 19.9 Å². The number of hydrogen-bond acceptors (Lipinski definition) is 2. The van der Waals surface area contributed by atoms with E-state index in [-0.39, 0.29) is 12.2 Å². The van der Waals surface area contributed by atoms with Gasteiger partial charge in [-0.3, -0.25) is 4.79 Å². The summed E-state index contributed by atoms with van der Waals surface area (Å²) >= 11 is 0. The molecule has 0 aliphatic carbocycles. The summed E-state index contributed by atoms with van der Waals surface area (Å²) in [6.45, 7) is 2.80. The van der Waals surface area contributed by atoms with Crippen LogP contribution in [0.5, 0.6) is 5.75 Å². The van der Waals surface area contributed by atoms with Gasteiger partial charge in [-0.1, -0.05) is 24.3 Å². The Kier molecular flexibility index (Phi) is 7.09. The number of ether oxygens (including phenoxy) is 1. The molecule has 0 unspecified atom stereocenters. The molecule has 0 N–H and O–H groups in total. The van der Waals surface area contributed by atoms with E-state index in [2.05, 4.69) is 0 Å². The van der Waals surface area contributed by atoms with Crippen LogP contribution in [0, 0.1) is 36.0 Å². The molecule has 3 rings (SSSR count).